The topological polar surface area (TPSA) is 70.2 Å². The Balaban J connectivity index is 1.63. The van der Waals surface area contributed by atoms with Crippen molar-refractivity contribution in [3.05, 3.63) is 89.5 Å². The van der Waals surface area contributed by atoms with Crippen molar-refractivity contribution in [2.24, 2.45) is 0 Å². The quantitative estimate of drug-likeness (QED) is 0.433. The highest BCUT2D eigenvalue weighted by atomic mass is 16.5. The molecule has 7 heteroatoms. The van der Waals surface area contributed by atoms with Gasteiger partial charge >= 0.3 is 0 Å². The lowest BCUT2D eigenvalue weighted by molar-refractivity contribution is -0.128. The zero-order valence-corrected chi connectivity index (χ0v) is 22.7. The van der Waals surface area contributed by atoms with Crippen molar-refractivity contribution < 1.29 is 19.1 Å². The lowest BCUT2D eigenvalue weighted by Crippen LogP contribution is -2.47. The number of benzene rings is 3. The number of aryl methyl sites for hydroxylation is 1. The van der Waals surface area contributed by atoms with Gasteiger partial charge in [-0.15, -0.1) is 0 Å². The molecule has 0 aromatic heterocycles. The summed E-state index contributed by atoms with van der Waals surface area (Å²) in [5, 5.41) is 0. The highest BCUT2D eigenvalue weighted by Crippen LogP contribution is 2.42. The van der Waals surface area contributed by atoms with Gasteiger partial charge in [-0.25, -0.2) is 0 Å². The van der Waals surface area contributed by atoms with Gasteiger partial charge in [0.15, 0.2) is 0 Å². The summed E-state index contributed by atoms with van der Waals surface area (Å²) in [6.07, 6.45) is 1.68. The van der Waals surface area contributed by atoms with Crippen LogP contribution in [0.5, 0.6) is 5.75 Å². The Hall–Kier alpha value is -4.13. The maximum atomic E-state index is 13.6. The number of rotatable bonds is 7. The van der Waals surface area contributed by atoms with E-state index in [4.69, 9.17) is 4.74 Å². The molecule has 3 aromatic rings. The number of hydrogen-bond acceptors (Lipinski definition) is 4. The molecule has 0 fully saturated rings. The van der Waals surface area contributed by atoms with Crippen molar-refractivity contribution in [2.75, 3.05) is 31.0 Å². The van der Waals surface area contributed by atoms with Crippen LogP contribution in [0.3, 0.4) is 0 Å². The number of carbonyl (C=O) groups excluding carboxylic acids is 3. The highest BCUT2D eigenvalue weighted by molar-refractivity contribution is 6.07. The molecule has 38 heavy (non-hydrogen) atoms. The number of anilines is 2. The highest BCUT2D eigenvalue weighted by Gasteiger charge is 2.38. The molecule has 0 spiro atoms. The Bertz CT molecular complexity index is 1300. The van der Waals surface area contributed by atoms with Gasteiger partial charge in [-0.05, 0) is 73.4 Å². The molecule has 2 atom stereocenters. The third kappa shape index (κ3) is 5.57. The summed E-state index contributed by atoms with van der Waals surface area (Å²) in [5.74, 6) is 0.627. The smallest absolute Gasteiger partial charge is 0.258 e. The summed E-state index contributed by atoms with van der Waals surface area (Å²) in [4.78, 5) is 43.8. The Morgan fingerprint density at radius 2 is 1.61 bits per heavy atom. The van der Waals surface area contributed by atoms with Crippen molar-refractivity contribution in [3.63, 3.8) is 0 Å². The zero-order valence-electron chi connectivity index (χ0n) is 22.7. The largest absolute Gasteiger partial charge is 0.497 e. The van der Waals surface area contributed by atoms with Crippen molar-refractivity contribution in [1.82, 2.24) is 4.90 Å². The maximum Gasteiger partial charge on any atom is 0.258 e. The number of methoxy groups -OCH3 is 1. The zero-order chi connectivity index (χ0) is 27.4. The molecule has 0 aliphatic carbocycles. The lowest BCUT2D eigenvalue weighted by atomic mass is 9.89. The van der Waals surface area contributed by atoms with Crippen LogP contribution in [0.4, 0.5) is 11.4 Å². The van der Waals surface area contributed by atoms with E-state index in [1.54, 1.807) is 57.3 Å². The number of nitrogens with zero attached hydrogens (tertiary/aromatic N) is 3. The van der Waals surface area contributed by atoms with Crippen LogP contribution in [-0.2, 0) is 16.0 Å². The van der Waals surface area contributed by atoms with Crippen LogP contribution in [-0.4, -0.2) is 49.9 Å². The summed E-state index contributed by atoms with van der Waals surface area (Å²) in [6, 6.07) is 22.4. The number of carbonyl (C=O) groups is 3. The van der Waals surface area contributed by atoms with E-state index >= 15 is 0 Å². The van der Waals surface area contributed by atoms with E-state index in [1.807, 2.05) is 65.3 Å². The number of hydrogen-bond donors (Lipinski definition) is 0. The minimum Gasteiger partial charge on any atom is -0.497 e. The van der Waals surface area contributed by atoms with Gasteiger partial charge in [-0.3, -0.25) is 14.4 Å². The fourth-order valence-electron chi connectivity index (χ4n) is 5.09. The van der Waals surface area contributed by atoms with Crippen LogP contribution in [0.2, 0.25) is 0 Å². The van der Waals surface area contributed by atoms with E-state index in [0.29, 0.717) is 30.6 Å². The van der Waals surface area contributed by atoms with E-state index < -0.39 is 0 Å². The molecule has 0 unspecified atom stereocenters. The number of para-hydroxylation sites is 1. The predicted octanol–water partition coefficient (Wildman–Crippen LogP) is 5.25. The lowest BCUT2D eigenvalue weighted by Gasteiger charge is -2.43. The predicted molar refractivity (Wildman–Crippen MR) is 150 cm³/mol. The molecule has 0 bridgehead atoms. The Labute approximate surface area is 224 Å². The fourth-order valence-corrected chi connectivity index (χ4v) is 5.09. The summed E-state index contributed by atoms with van der Waals surface area (Å²) in [6.45, 7) is 3.60. The van der Waals surface area contributed by atoms with Gasteiger partial charge in [0.1, 0.15) is 5.75 Å². The number of fused-ring (bicyclic) bond motifs is 1. The molecule has 0 saturated carbocycles. The average Bonchev–Trinajstić information content (AvgIpc) is 2.92. The molecule has 3 amide bonds. The van der Waals surface area contributed by atoms with Gasteiger partial charge < -0.3 is 19.4 Å². The molecule has 4 rings (SSSR count). The molecule has 1 heterocycles. The van der Waals surface area contributed by atoms with E-state index in [2.05, 4.69) is 0 Å². The Kier molecular flexibility index (Phi) is 8.15. The second-order valence-electron chi connectivity index (χ2n) is 9.91. The van der Waals surface area contributed by atoms with Crippen LogP contribution < -0.4 is 14.5 Å². The van der Waals surface area contributed by atoms with Gasteiger partial charge in [0.05, 0.1) is 13.2 Å². The van der Waals surface area contributed by atoms with Gasteiger partial charge in [0.25, 0.3) is 5.91 Å². The first-order valence-electron chi connectivity index (χ1n) is 12.9. The van der Waals surface area contributed by atoms with Gasteiger partial charge in [-0.2, -0.15) is 0 Å². The molecule has 1 aliphatic rings. The first-order valence-corrected chi connectivity index (χ1v) is 12.9. The monoisotopic (exact) mass is 513 g/mol. The van der Waals surface area contributed by atoms with Crippen molar-refractivity contribution in [1.29, 1.82) is 0 Å². The minimum absolute atomic E-state index is 0.0672. The minimum atomic E-state index is -0.222. The molecule has 3 aromatic carbocycles. The summed E-state index contributed by atoms with van der Waals surface area (Å²) < 4.78 is 5.24. The van der Waals surface area contributed by atoms with E-state index in [0.717, 1.165) is 22.5 Å². The van der Waals surface area contributed by atoms with Crippen molar-refractivity contribution in [2.45, 2.75) is 45.2 Å². The van der Waals surface area contributed by atoms with Crippen LogP contribution in [0, 0.1) is 0 Å². The molecule has 0 saturated heterocycles. The van der Waals surface area contributed by atoms with E-state index in [9.17, 15) is 14.4 Å². The first kappa shape index (κ1) is 26.9. The van der Waals surface area contributed by atoms with Crippen LogP contribution in [0.15, 0.2) is 72.8 Å². The Morgan fingerprint density at radius 1 is 0.947 bits per heavy atom. The Morgan fingerprint density at radius 3 is 2.21 bits per heavy atom. The van der Waals surface area contributed by atoms with Crippen molar-refractivity contribution >= 4 is 29.1 Å². The van der Waals surface area contributed by atoms with Crippen LogP contribution in [0.1, 0.15) is 54.2 Å². The second-order valence-corrected chi connectivity index (χ2v) is 9.91. The van der Waals surface area contributed by atoms with Crippen LogP contribution >= 0.6 is 0 Å². The van der Waals surface area contributed by atoms with E-state index in [1.165, 1.54) is 0 Å². The molecule has 0 radical (unpaired) electrons. The normalized spacial score (nSPS) is 16.4. The number of ether oxygens (including phenoxy) is 1. The summed E-state index contributed by atoms with van der Waals surface area (Å²) in [5.41, 5.74) is 4.16. The number of amides is 3. The summed E-state index contributed by atoms with van der Waals surface area (Å²) >= 11 is 0. The molecular weight excluding hydrogens is 478 g/mol. The van der Waals surface area contributed by atoms with Crippen molar-refractivity contribution in [3.8, 4) is 5.75 Å². The molecule has 7 nitrogen and oxygen atoms in total. The van der Waals surface area contributed by atoms with E-state index in [-0.39, 0.29) is 29.8 Å². The molecule has 198 valence electrons. The van der Waals surface area contributed by atoms with Gasteiger partial charge in [0, 0.05) is 50.4 Å². The van der Waals surface area contributed by atoms with Crippen LogP contribution in [0.25, 0.3) is 0 Å². The fraction of sp³-hybridized carbons (Fsp3) is 0.323. The molecular formula is C31H35N3O4. The second kappa shape index (κ2) is 11.5. The summed E-state index contributed by atoms with van der Waals surface area (Å²) in [7, 11) is 5.11. The molecule has 0 N–H and O–H groups in total. The maximum absolute atomic E-state index is 13.6. The SMILES string of the molecule is COc1ccc(C(=O)N2c3ccccc3[C@H](N(C(C)=O)c3ccc(CCC(=O)N(C)C)cc3)C[C@@H]2C)cc1. The van der Waals surface area contributed by atoms with Gasteiger partial charge in [-0.1, -0.05) is 30.3 Å². The average molecular weight is 514 g/mol. The third-order valence-electron chi connectivity index (χ3n) is 7.11. The third-order valence-corrected chi connectivity index (χ3v) is 7.11. The molecule has 1 aliphatic heterocycles. The van der Waals surface area contributed by atoms with Gasteiger partial charge in [0.2, 0.25) is 11.8 Å². The first-order chi connectivity index (χ1) is 18.2. The standard InChI is InChI=1S/C31H35N3O4/c1-21-20-29(34(22(2)35)25-15-10-23(11-16-25)12-19-30(36)32(3)4)27-8-6-7-9-28(27)33(21)31(37)24-13-17-26(38-5)18-14-24/h6-11,13-18,21,29H,12,19-20H2,1-5H3/t21-,29+/m0/s1.